The summed E-state index contributed by atoms with van der Waals surface area (Å²) in [6.07, 6.45) is 3.06. The van der Waals surface area contributed by atoms with Crippen LogP contribution in [0, 0.1) is 0 Å². The van der Waals surface area contributed by atoms with Crippen molar-refractivity contribution in [1.29, 1.82) is 0 Å². The Morgan fingerprint density at radius 1 is 1.06 bits per heavy atom. The van der Waals surface area contributed by atoms with Gasteiger partial charge in [-0.2, -0.15) is 0 Å². The SMILES string of the molecule is COc1ccc(CC(NC(C)=O)C(=O)N2CCCN(Cc3ccccn3)CC2)cc1OC. The monoisotopic (exact) mass is 440 g/mol. The summed E-state index contributed by atoms with van der Waals surface area (Å²) in [4.78, 5) is 33.8. The smallest absolute Gasteiger partial charge is 0.245 e. The number of hydrogen-bond donors (Lipinski definition) is 1. The molecule has 1 fully saturated rings. The molecule has 32 heavy (non-hydrogen) atoms. The molecule has 172 valence electrons. The topological polar surface area (TPSA) is 84.0 Å². The van der Waals surface area contributed by atoms with Gasteiger partial charge in [0.25, 0.3) is 0 Å². The lowest BCUT2D eigenvalue weighted by atomic mass is 10.0. The minimum Gasteiger partial charge on any atom is -0.493 e. The van der Waals surface area contributed by atoms with E-state index in [9.17, 15) is 9.59 Å². The lowest BCUT2D eigenvalue weighted by Gasteiger charge is -2.27. The second-order valence-corrected chi connectivity index (χ2v) is 7.92. The molecule has 0 radical (unpaired) electrons. The fraction of sp³-hybridized carbons (Fsp3) is 0.458. The predicted octanol–water partition coefficient (Wildman–Crippen LogP) is 1.88. The second-order valence-electron chi connectivity index (χ2n) is 7.92. The van der Waals surface area contributed by atoms with E-state index in [2.05, 4.69) is 15.2 Å². The van der Waals surface area contributed by atoms with E-state index >= 15 is 0 Å². The quantitative estimate of drug-likeness (QED) is 0.675. The molecule has 1 saturated heterocycles. The fourth-order valence-corrected chi connectivity index (χ4v) is 3.98. The van der Waals surface area contributed by atoms with Crippen LogP contribution in [0.2, 0.25) is 0 Å². The fourth-order valence-electron chi connectivity index (χ4n) is 3.98. The maximum Gasteiger partial charge on any atom is 0.245 e. The number of methoxy groups -OCH3 is 2. The predicted molar refractivity (Wildman–Crippen MR) is 122 cm³/mol. The number of carbonyl (C=O) groups is 2. The van der Waals surface area contributed by atoms with Gasteiger partial charge in [-0.15, -0.1) is 0 Å². The van der Waals surface area contributed by atoms with Gasteiger partial charge in [-0.25, -0.2) is 0 Å². The molecule has 1 N–H and O–H groups in total. The Morgan fingerprint density at radius 3 is 2.56 bits per heavy atom. The molecule has 3 rings (SSSR count). The largest absolute Gasteiger partial charge is 0.493 e. The number of carbonyl (C=O) groups excluding carboxylic acids is 2. The van der Waals surface area contributed by atoms with Gasteiger partial charge in [0.15, 0.2) is 11.5 Å². The van der Waals surface area contributed by atoms with Gasteiger partial charge in [-0.05, 0) is 36.2 Å². The highest BCUT2D eigenvalue weighted by Gasteiger charge is 2.27. The number of nitrogens with zero attached hydrogens (tertiary/aromatic N) is 3. The van der Waals surface area contributed by atoms with Crippen LogP contribution in [-0.4, -0.2) is 73.0 Å². The van der Waals surface area contributed by atoms with Crippen LogP contribution in [0.5, 0.6) is 11.5 Å². The summed E-state index contributed by atoms with van der Waals surface area (Å²) in [5, 5.41) is 2.84. The van der Waals surface area contributed by atoms with Crippen LogP contribution >= 0.6 is 0 Å². The number of nitrogens with one attached hydrogen (secondary N) is 1. The van der Waals surface area contributed by atoms with Gasteiger partial charge in [-0.3, -0.25) is 19.5 Å². The third-order valence-electron chi connectivity index (χ3n) is 5.58. The van der Waals surface area contributed by atoms with Crippen LogP contribution in [0.4, 0.5) is 0 Å². The van der Waals surface area contributed by atoms with Gasteiger partial charge in [0.1, 0.15) is 6.04 Å². The summed E-state index contributed by atoms with van der Waals surface area (Å²) < 4.78 is 10.7. The summed E-state index contributed by atoms with van der Waals surface area (Å²) in [6, 6.07) is 10.8. The molecular formula is C24H32N4O4. The average Bonchev–Trinajstić information content (AvgIpc) is 3.04. The maximum atomic E-state index is 13.4. The van der Waals surface area contributed by atoms with Gasteiger partial charge in [-0.1, -0.05) is 12.1 Å². The zero-order chi connectivity index (χ0) is 22.9. The minimum atomic E-state index is -0.632. The Balaban J connectivity index is 1.67. The van der Waals surface area contributed by atoms with E-state index in [4.69, 9.17) is 9.47 Å². The lowest BCUT2D eigenvalue weighted by Crippen LogP contribution is -2.50. The molecule has 0 aliphatic carbocycles. The van der Waals surface area contributed by atoms with Crippen LogP contribution in [-0.2, 0) is 22.6 Å². The first kappa shape index (κ1) is 23.5. The maximum absolute atomic E-state index is 13.4. The molecule has 1 unspecified atom stereocenters. The van der Waals surface area contributed by atoms with Gasteiger partial charge in [0, 0.05) is 52.3 Å². The first-order valence-electron chi connectivity index (χ1n) is 10.9. The Labute approximate surface area is 189 Å². The molecule has 2 heterocycles. The summed E-state index contributed by atoms with van der Waals surface area (Å²) in [5.74, 6) is 0.934. The molecule has 1 atom stereocenters. The molecule has 1 aromatic carbocycles. The molecule has 0 bridgehead atoms. The summed E-state index contributed by atoms with van der Waals surface area (Å²) in [7, 11) is 3.16. The van der Waals surface area contributed by atoms with Crippen molar-refractivity contribution in [2.75, 3.05) is 40.4 Å². The number of hydrogen-bond acceptors (Lipinski definition) is 6. The number of benzene rings is 1. The second kappa shape index (κ2) is 11.5. The van der Waals surface area contributed by atoms with Gasteiger partial charge < -0.3 is 19.7 Å². The average molecular weight is 441 g/mol. The summed E-state index contributed by atoms with van der Waals surface area (Å²) in [6.45, 7) is 5.16. The molecule has 0 saturated carbocycles. The Bertz CT molecular complexity index is 906. The van der Waals surface area contributed by atoms with Crippen LogP contribution in [0.1, 0.15) is 24.6 Å². The number of pyridine rings is 1. The van der Waals surface area contributed by atoms with Crippen molar-refractivity contribution in [3.8, 4) is 11.5 Å². The molecule has 0 spiro atoms. The van der Waals surface area contributed by atoms with Crippen LogP contribution in [0.3, 0.4) is 0 Å². The van der Waals surface area contributed by atoms with Gasteiger partial charge in [0.2, 0.25) is 11.8 Å². The molecule has 1 aromatic heterocycles. The van der Waals surface area contributed by atoms with Gasteiger partial charge in [0.05, 0.1) is 19.9 Å². The zero-order valence-electron chi connectivity index (χ0n) is 19.0. The van der Waals surface area contributed by atoms with Crippen LogP contribution < -0.4 is 14.8 Å². The van der Waals surface area contributed by atoms with Crippen LogP contribution in [0.25, 0.3) is 0 Å². The Hall–Kier alpha value is -3.13. The van der Waals surface area contributed by atoms with E-state index in [1.165, 1.54) is 6.92 Å². The molecule has 2 aromatic rings. The van der Waals surface area contributed by atoms with Crippen molar-refractivity contribution in [3.63, 3.8) is 0 Å². The van der Waals surface area contributed by atoms with Crippen molar-refractivity contribution in [3.05, 3.63) is 53.9 Å². The Morgan fingerprint density at radius 2 is 1.88 bits per heavy atom. The number of amides is 2. The zero-order valence-corrected chi connectivity index (χ0v) is 19.0. The highest BCUT2D eigenvalue weighted by molar-refractivity contribution is 5.87. The number of rotatable bonds is 8. The minimum absolute atomic E-state index is 0.0605. The van der Waals surface area contributed by atoms with E-state index in [1.807, 2.05) is 41.3 Å². The molecular weight excluding hydrogens is 408 g/mol. The molecule has 1 aliphatic heterocycles. The Kier molecular flexibility index (Phi) is 8.44. The summed E-state index contributed by atoms with van der Waals surface area (Å²) >= 11 is 0. The number of aromatic nitrogens is 1. The van der Waals surface area contributed by atoms with Crippen molar-refractivity contribution in [1.82, 2.24) is 20.1 Å². The first-order chi connectivity index (χ1) is 15.5. The highest BCUT2D eigenvalue weighted by Crippen LogP contribution is 2.28. The van der Waals surface area contributed by atoms with Crippen molar-refractivity contribution in [2.45, 2.75) is 32.4 Å². The highest BCUT2D eigenvalue weighted by atomic mass is 16.5. The van der Waals surface area contributed by atoms with Crippen molar-refractivity contribution < 1.29 is 19.1 Å². The van der Waals surface area contributed by atoms with E-state index in [1.54, 1.807) is 20.4 Å². The third-order valence-corrected chi connectivity index (χ3v) is 5.58. The van der Waals surface area contributed by atoms with Crippen molar-refractivity contribution >= 4 is 11.8 Å². The molecule has 8 nitrogen and oxygen atoms in total. The van der Waals surface area contributed by atoms with E-state index in [0.29, 0.717) is 31.0 Å². The normalized spacial score (nSPS) is 15.5. The summed E-state index contributed by atoms with van der Waals surface area (Å²) in [5.41, 5.74) is 1.92. The standard InChI is InChI=1S/C24H32N4O4/c1-18(29)26-21(15-19-8-9-22(31-2)23(16-19)32-3)24(30)28-12-6-11-27(13-14-28)17-20-7-4-5-10-25-20/h4-5,7-10,16,21H,6,11-15,17H2,1-3H3,(H,26,29). The molecule has 2 amide bonds. The molecule has 1 aliphatic rings. The first-order valence-corrected chi connectivity index (χ1v) is 10.9. The molecule has 8 heteroatoms. The lowest BCUT2D eigenvalue weighted by molar-refractivity contribution is -0.136. The van der Waals surface area contributed by atoms with Crippen molar-refractivity contribution in [2.24, 2.45) is 0 Å². The van der Waals surface area contributed by atoms with E-state index < -0.39 is 6.04 Å². The number of ether oxygens (including phenoxy) is 2. The van der Waals surface area contributed by atoms with E-state index in [-0.39, 0.29) is 11.8 Å². The van der Waals surface area contributed by atoms with Crippen LogP contribution in [0.15, 0.2) is 42.6 Å². The van der Waals surface area contributed by atoms with E-state index in [0.717, 1.165) is 37.3 Å². The third kappa shape index (κ3) is 6.43. The van der Waals surface area contributed by atoms with Gasteiger partial charge >= 0.3 is 0 Å².